The summed E-state index contributed by atoms with van der Waals surface area (Å²) < 4.78 is 27.5. The van der Waals surface area contributed by atoms with E-state index >= 15 is 0 Å². The molecule has 0 spiro atoms. The lowest BCUT2D eigenvalue weighted by atomic mass is 10.1. The standard InChI is InChI=1S/C23H24N4O4S/c1-16-15-17(2)25-23(24-16)27-32(30,31)20-13-11-19(12-14-20)26-22(29)10-6-9-21(28)18-7-4-3-5-8-18/h3-5,7-8,11-15H,6,9-10H2,1-2H3,(H,26,29)(H,24,25,27). The number of nitrogens with one attached hydrogen (secondary N) is 2. The molecule has 0 atom stereocenters. The third kappa shape index (κ3) is 6.45. The van der Waals surface area contributed by atoms with E-state index in [9.17, 15) is 18.0 Å². The fraction of sp³-hybridized carbons (Fsp3) is 0.217. The third-order valence-corrected chi connectivity index (χ3v) is 5.90. The molecular weight excluding hydrogens is 428 g/mol. The zero-order chi connectivity index (χ0) is 23.1. The SMILES string of the molecule is Cc1cc(C)nc(NS(=O)(=O)c2ccc(NC(=O)CCCC(=O)c3ccccc3)cc2)n1. The maximum atomic E-state index is 12.6. The van der Waals surface area contributed by atoms with Gasteiger partial charge in [-0.2, -0.15) is 0 Å². The van der Waals surface area contributed by atoms with Crippen LogP contribution in [0.2, 0.25) is 0 Å². The lowest BCUT2D eigenvalue weighted by Crippen LogP contribution is -2.16. The number of anilines is 2. The maximum Gasteiger partial charge on any atom is 0.264 e. The fourth-order valence-corrected chi connectivity index (χ4v) is 4.01. The normalized spacial score (nSPS) is 11.1. The molecule has 1 amide bonds. The van der Waals surface area contributed by atoms with Crippen LogP contribution < -0.4 is 10.0 Å². The van der Waals surface area contributed by atoms with Gasteiger partial charge in [-0.1, -0.05) is 30.3 Å². The smallest absolute Gasteiger partial charge is 0.264 e. The van der Waals surface area contributed by atoms with Gasteiger partial charge in [-0.25, -0.2) is 23.1 Å². The first-order chi connectivity index (χ1) is 15.2. The minimum absolute atomic E-state index is 0.00456. The zero-order valence-corrected chi connectivity index (χ0v) is 18.6. The number of sulfonamides is 1. The predicted molar refractivity (Wildman–Crippen MR) is 122 cm³/mol. The molecule has 0 saturated heterocycles. The van der Waals surface area contributed by atoms with Gasteiger partial charge in [-0.15, -0.1) is 0 Å². The summed E-state index contributed by atoms with van der Waals surface area (Å²) in [5.74, 6) is -0.249. The molecule has 0 aliphatic heterocycles. The average Bonchev–Trinajstić information content (AvgIpc) is 2.73. The Balaban J connectivity index is 1.53. The Labute approximate surface area is 187 Å². The molecule has 2 N–H and O–H groups in total. The summed E-state index contributed by atoms with van der Waals surface area (Å²) in [5, 5.41) is 2.71. The van der Waals surface area contributed by atoms with Crippen molar-refractivity contribution >= 4 is 33.3 Å². The number of benzene rings is 2. The Morgan fingerprint density at radius 1 is 0.875 bits per heavy atom. The first-order valence-electron chi connectivity index (χ1n) is 10.1. The summed E-state index contributed by atoms with van der Waals surface area (Å²) >= 11 is 0. The van der Waals surface area contributed by atoms with E-state index in [2.05, 4.69) is 20.0 Å². The molecule has 0 aliphatic rings. The van der Waals surface area contributed by atoms with E-state index in [0.717, 1.165) is 0 Å². The molecule has 9 heteroatoms. The zero-order valence-electron chi connectivity index (χ0n) is 17.8. The molecule has 0 radical (unpaired) electrons. The molecule has 8 nitrogen and oxygen atoms in total. The Bertz CT molecular complexity index is 1190. The van der Waals surface area contributed by atoms with Crippen LogP contribution in [0.4, 0.5) is 11.6 Å². The van der Waals surface area contributed by atoms with E-state index in [-0.39, 0.29) is 35.4 Å². The van der Waals surface area contributed by atoms with Gasteiger partial charge in [0.05, 0.1) is 4.90 Å². The highest BCUT2D eigenvalue weighted by Crippen LogP contribution is 2.17. The second-order valence-corrected chi connectivity index (χ2v) is 8.98. The molecule has 1 heterocycles. The first kappa shape index (κ1) is 23.1. The van der Waals surface area contributed by atoms with Crippen LogP contribution in [0.1, 0.15) is 41.0 Å². The highest BCUT2D eigenvalue weighted by molar-refractivity contribution is 7.92. The van der Waals surface area contributed by atoms with E-state index in [1.54, 1.807) is 44.2 Å². The van der Waals surface area contributed by atoms with Crippen molar-refractivity contribution in [1.82, 2.24) is 9.97 Å². The predicted octanol–water partition coefficient (Wildman–Crippen LogP) is 3.89. The number of nitrogens with zero attached hydrogens (tertiary/aromatic N) is 2. The second-order valence-electron chi connectivity index (χ2n) is 7.30. The van der Waals surface area contributed by atoms with Gasteiger partial charge >= 0.3 is 0 Å². The average molecular weight is 453 g/mol. The van der Waals surface area contributed by atoms with Gasteiger partial charge in [0.1, 0.15) is 0 Å². The number of aryl methyl sites for hydroxylation is 2. The minimum atomic E-state index is -3.87. The van der Waals surface area contributed by atoms with Crippen LogP contribution >= 0.6 is 0 Å². The number of carbonyl (C=O) groups excluding carboxylic acids is 2. The molecular formula is C23H24N4O4S. The van der Waals surface area contributed by atoms with Gasteiger partial charge < -0.3 is 5.32 Å². The van der Waals surface area contributed by atoms with Crippen molar-refractivity contribution < 1.29 is 18.0 Å². The quantitative estimate of drug-likeness (QED) is 0.476. The van der Waals surface area contributed by atoms with Crippen molar-refractivity contribution in [2.45, 2.75) is 38.0 Å². The van der Waals surface area contributed by atoms with Crippen molar-refractivity contribution in [3.8, 4) is 0 Å². The Hall–Kier alpha value is -3.59. The van der Waals surface area contributed by atoms with Crippen LogP contribution in [0, 0.1) is 13.8 Å². The number of hydrogen-bond acceptors (Lipinski definition) is 6. The van der Waals surface area contributed by atoms with Gasteiger partial charge in [0.15, 0.2) is 5.78 Å². The summed E-state index contributed by atoms with van der Waals surface area (Å²) in [6, 6.07) is 16.5. The largest absolute Gasteiger partial charge is 0.326 e. The fourth-order valence-electron chi connectivity index (χ4n) is 3.07. The van der Waals surface area contributed by atoms with Crippen LogP contribution in [0.15, 0.2) is 65.6 Å². The Morgan fingerprint density at radius 2 is 1.50 bits per heavy atom. The number of hydrogen-bond donors (Lipinski definition) is 2. The van der Waals surface area contributed by atoms with Crippen LogP contribution in [-0.4, -0.2) is 30.1 Å². The van der Waals surface area contributed by atoms with Crippen LogP contribution in [0.3, 0.4) is 0 Å². The van der Waals surface area contributed by atoms with Crippen molar-refractivity contribution in [2.24, 2.45) is 0 Å². The van der Waals surface area contributed by atoms with Gasteiger partial charge in [0, 0.05) is 35.5 Å². The summed E-state index contributed by atoms with van der Waals surface area (Å²) in [4.78, 5) is 32.4. The van der Waals surface area contributed by atoms with Crippen molar-refractivity contribution in [3.05, 3.63) is 77.6 Å². The number of ketones is 1. The molecule has 32 heavy (non-hydrogen) atoms. The molecule has 0 fully saturated rings. The summed E-state index contributed by atoms with van der Waals surface area (Å²) in [5.41, 5.74) is 2.40. The van der Waals surface area contributed by atoms with Crippen LogP contribution in [0.25, 0.3) is 0 Å². The number of rotatable bonds is 9. The van der Waals surface area contributed by atoms with Crippen LogP contribution in [0.5, 0.6) is 0 Å². The summed E-state index contributed by atoms with van der Waals surface area (Å²) in [6.07, 6.45) is 0.886. The van der Waals surface area contributed by atoms with Gasteiger partial charge in [0.2, 0.25) is 11.9 Å². The summed E-state index contributed by atoms with van der Waals surface area (Å²) in [7, 11) is -3.87. The van der Waals surface area contributed by atoms with Crippen molar-refractivity contribution in [3.63, 3.8) is 0 Å². The van der Waals surface area contributed by atoms with E-state index in [1.165, 1.54) is 24.3 Å². The number of carbonyl (C=O) groups is 2. The van der Waals surface area contributed by atoms with Gasteiger partial charge in [-0.05, 0) is 50.6 Å². The molecule has 0 saturated carbocycles. The Kier molecular flexibility index (Phi) is 7.32. The minimum Gasteiger partial charge on any atom is -0.326 e. The highest BCUT2D eigenvalue weighted by atomic mass is 32.2. The van der Waals surface area contributed by atoms with E-state index in [0.29, 0.717) is 29.1 Å². The molecule has 166 valence electrons. The molecule has 2 aromatic carbocycles. The first-order valence-corrected chi connectivity index (χ1v) is 11.5. The van der Waals surface area contributed by atoms with Crippen molar-refractivity contribution in [1.29, 1.82) is 0 Å². The molecule has 0 bridgehead atoms. The van der Waals surface area contributed by atoms with Crippen molar-refractivity contribution in [2.75, 3.05) is 10.0 Å². The second kappa shape index (κ2) is 10.1. The monoisotopic (exact) mass is 452 g/mol. The third-order valence-electron chi connectivity index (χ3n) is 4.56. The van der Waals surface area contributed by atoms with Gasteiger partial charge in [-0.3, -0.25) is 9.59 Å². The van der Waals surface area contributed by atoms with E-state index in [1.807, 2.05) is 6.07 Å². The van der Waals surface area contributed by atoms with E-state index < -0.39 is 10.0 Å². The number of Topliss-reactive ketones (excluding diaryl/α,β-unsaturated/α-hetero) is 1. The molecule has 3 rings (SSSR count). The molecule has 0 unspecified atom stereocenters. The summed E-state index contributed by atoms with van der Waals surface area (Å²) in [6.45, 7) is 3.50. The lowest BCUT2D eigenvalue weighted by Gasteiger charge is -2.09. The maximum absolute atomic E-state index is 12.6. The van der Waals surface area contributed by atoms with Gasteiger partial charge in [0.25, 0.3) is 10.0 Å². The Morgan fingerprint density at radius 3 is 2.12 bits per heavy atom. The molecule has 0 aliphatic carbocycles. The molecule has 3 aromatic rings. The van der Waals surface area contributed by atoms with Crippen LogP contribution in [-0.2, 0) is 14.8 Å². The van der Waals surface area contributed by atoms with E-state index in [4.69, 9.17) is 0 Å². The lowest BCUT2D eigenvalue weighted by molar-refractivity contribution is -0.116. The number of aromatic nitrogens is 2. The topological polar surface area (TPSA) is 118 Å². The highest BCUT2D eigenvalue weighted by Gasteiger charge is 2.16. The molecule has 1 aromatic heterocycles. The number of amides is 1.